The lowest BCUT2D eigenvalue weighted by atomic mass is 10.1. The summed E-state index contributed by atoms with van der Waals surface area (Å²) in [4.78, 5) is 1.31. The standard InChI is InChI=1S/C11H12F4N2/c1-6-7(12)9(14)11(10(15)8(6)13)17-4-2-16-3-5-17/h16H,2-5H2,1H3. The van der Waals surface area contributed by atoms with E-state index < -0.39 is 34.5 Å². The minimum Gasteiger partial charge on any atom is -0.364 e. The Morgan fingerprint density at radius 1 is 0.882 bits per heavy atom. The van der Waals surface area contributed by atoms with Crippen LogP contribution in [0.15, 0.2) is 0 Å². The lowest BCUT2D eigenvalue weighted by molar-refractivity contribution is 0.438. The largest absolute Gasteiger partial charge is 0.364 e. The Morgan fingerprint density at radius 3 is 1.82 bits per heavy atom. The van der Waals surface area contributed by atoms with Crippen molar-refractivity contribution in [2.24, 2.45) is 0 Å². The highest BCUT2D eigenvalue weighted by Gasteiger charge is 2.27. The van der Waals surface area contributed by atoms with Crippen molar-refractivity contribution in [1.82, 2.24) is 5.32 Å². The summed E-state index contributed by atoms with van der Waals surface area (Å²) < 4.78 is 54.0. The van der Waals surface area contributed by atoms with Crippen LogP contribution in [0.2, 0.25) is 0 Å². The highest BCUT2D eigenvalue weighted by Crippen LogP contribution is 2.30. The third-order valence-electron chi connectivity index (χ3n) is 2.89. The van der Waals surface area contributed by atoms with Crippen molar-refractivity contribution >= 4 is 5.69 Å². The predicted octanol–water partition coefficient (Wildman–Crippen LogP) is 1.96. The van der Waals surface area contributed by atoms with Crippen molar-refractivity contribution in [2.45, 2.75) is 6.92 Å². The number of hydrogen-bond donors (Lipinski definition) is 1. The fourth-order valence-corrected chi connectivity index (χ4v) is 1.90. The maximum absolute atomic E-state index is 13.6. The lowest BCUT2D eigenvalue weighted by Crippen LogP contribution is -2.44. The Labute approximate surface area is 96.2 Å². The molecule has 0 aromatic heterocycles. The van der Waals surface area contributed by atoms with Crippen LogP contribution in [0, 0.1) is 30.2 Å². The summed E-state index contributed by atoms with van der Waals surface area (Å²) in [6, 6.07) is 0. The zero-order valence-corrected chi connectivity index (χ0v) is 9.29. The molecule has 1 N–H and O–H groups in total. The van der Waals surface area contributed by atoms with Gasteiger partial charge in [0.1, 0.15) is 5.69 Å². The van der Waals surface area contributed by atoms with Gasteiger partial charge in [-0.15, -0.1) is 0 Å². The number of nitrogens with one attached hydrogen (secondary N) is 1. The Hall–Kier alpha value is -1.30. The number of hydrogen-bond acceptors (Lipinski definition) is 2. The lowest BCUT2D eigenvalue weighted by Gasteiger charge is -2.30. The Morgan fingerprint density at radius 2 is 1.35 bits per heavy atom. The average molecular weight is 248 g/mol. The van der Waals surface area contributed by atoms with E-state index in [2.05, 4.69) is 5.32 Å². The van der Waals surface area contributed by atoms with E-state index in [1.807, 2.05) is 0 Å². The fraction of sp³-hybridized carbons (Fsp3) is 0.455. The summed E-state index contributed by atoms with van der Waals surface area (Å²) in [5.74, 6) is -5.28. The second-order valence-corrected chi connectivity index (χ2v) is 3.97. The molecule has 1 heterocycles. The summed E-state index contributed by atoms with van der Waals surface area (Å²) in [6.07, 6.45) is 0. The predicted molar refractivity (Wildman–Crippen MR) is 56.1 cm³/mol. The number of nitrogens with zero attached hydrogens (tertiary/aromatic N) is 1. The van der Waals surface area contributed by atoms with Crippen LogP contribution in [0.25, 0.3) is 0 Å². The highest BCUT2D eigenvalue weighted by atomic mass is 19.2. The van der Waals surface area contributed by atoms with Gasteiger partial charge in [-0.3, -0.25) is 0 Å². The molecular formula is C11H12F4N2. The van der Waals surface area contributed by atoms with Crippen LogP contribution in [-0.2, 0) is 0 Å². The topological polar surface area (TPSA) is 15.3 Å². The molecule has 0 bridgehead atoms. The van der Waals surface area contributed by atoms with E-state index in [1.54, 1.807) is 0 Å². The monoisotopic (exact) mass is 248 g/mol. The second kappa shape index (κ2) is 4.52. The summed E-state index contributed by atoms with van der Waals surface area (Å²) in [6.45, 7) is 2.69. The molecular weight excluding hydrogens is 236 g/mol. The van der Waals surface area contributed by atoms with Gasteiger partial charge in [-0.25, -0.2) is 17.6 Å². The minimum absolute atomic E-state index is 0.315. The molecule has 0 spiro atoms. The van der Waals surface area contributed by atoms with Crippen molar-refractivity contribution in [3.63, 3.8) is 0 Å². The SMILES string of the molecule is Cc1c(F)c(F)c(N2CCNCC2)c(F)c1F. The molecule has 6 heteroatoms. The molecule has 0 aliphatic carbocycles. The molecule has 1 fully saturated rings. The van der Waals surface area contributed by atoms with E-state index in [9.17, 15) is 17.6 Å². The maximum Gasteiger partial charge on any atom is 0.185 e. The zero-order valence-electron chi connectivity index (χ0n) is 9.29. The smallest absolute Gasteiger partial charge is 0.185 e. The minimum atomic E-state index is -1.32. The molecule has 2 rings (SSSR count). The van der Waals surface area contributed by atoms with Crippen molar-refractivity contribution in [2.75, 3.05) is 31.1 Å². The Kier molecular flexibility index (Phi) is 3.24. The Bertz CT molecular complexity index is 413. The molecule has 0 radical (unpaired) electrons. The second-order valence-electron chi connectivity index (χ2n) is 3.97. The number of anilines is 1. The van der Waals surface area contributed by atoms with Crippen LogP contribution in [0.3, 0.4) is 0 Å². The summed E-state index contributed by atoms with van der Waals surface area (Å²) in [5, 5.41) is 2.99. The van der Waals surface area contributed by atoms with Crippen molar-refractivity contribution in [3.05, 3.63) is 28.8 Å². The number of piperazine rings is 1. The first-order valence-electron chi connectivity index (χ1n) is 5.32. The van der Waals surface area contributed by atoms with E-state index in [1.165, 1.54) is 4.90 Å². The van der Waals surface area contributed by atoms with Gasteiger partial charge >= 0.3 is 0 Å². The molecule has 1 aromatic rings. The highest BCUT2D eigenvalue weighted by molar-refractivity contribution is 5.52. The van der Waals surface area contributed by atoms with Crippen LogP contribution < -0.4 is 10.2 Å². The number of rotatable bonds is 1. The van der Waals surface area contributed by atoms with E-state index in [-0.39, 0.29) is 0 Å². The van der Waals surface area contributed by atoms with Gasteiger partial charge in [0, 0.05) is 31.7 Å². The van der Waals surface area contributed by atoms with Crippen molar-refractivity contribution in [3.8, 4) is 0 Å². The van der Waals surface area contributed by atoms with Gasteiger partial charge in [-0.05, 0) is 6.92 Å². The molecule has 0 amide bonds. The van der Waals surface area contributed by atoms with Gasteiger partial charge in [0.25, 0.3) is 0 Å². The van der Waals surface area contributed by atoms with Gasteiger partial charge in [0.15, 0.2) is 23.3 Å². The van der Waals surface area contributed by atoms with E-state index in [0.717, 1.165) is 6.92 Å². The zero-order chi connectivity index (χ0) is 12.6. The molecule has 0 atom stereocenters. The first-order valence-corrected chi connectivity index (χ1v) is 5.32. The molecule has 0 saturated carbocycles. The molecule has 1 saturated heterocycles. The summed E-state index contributed by atoms with van der Waals surface area (Å²) in [7, 11) is 0. The van der Waals surface area contributed by atoms with E-state index >= 15 is 0 Å². The molecule has 0 unspecified atom stereocenters. The Balaban J connectivity index is 2.52. The van der Waals surface area contributed by atoms with Gasteiger partial charge in [-0.1, -0.05) is 0 Å². The molecule has 1 aliphatic rings. The molecule has 1 aliphatic heterocycles. The molecule has 94 valence electrons. The summed E-state index contributed by atoms with van der Waals surface area (Å²) >= 11 is 0. The van der Waals surface area contributed by atoms with Gasteiger partial charge < -0.3 is 10.2 Å². The first-order chi connectivity index (χ1) is 8.04. The fourth-order valence-electron chi connectivity index (χ4n) is 1.90. The molecule has 17 heavy (non-hydrogen) atoms. The molecule has 1 aromatic carbocycles. The van der Waals surface area contributed by atoms with Gasteiger partial charge in [0.05, 0.1) is 0 Å². The van der Waals surface area contributed by atoms with Crippen LogP contribution >= 0.6 is 0 Å². The third-order valence-corrected chi connectivity index (χ3v) is 2.89. The average Bonchev–Trinajstić information content (AvgIpc) is 2.36. The van der Waals surface area contributed by atoms with E-state index in [4.69, 9.17) is 0 Å². The van der Waals surface area contributed by atoms with E-state index in [0.29, 0.717) is 26.2 Å². The molecule has 2 nitrogen and oxygen atoms in total. The van der Waals surface area contributed by atoms with Crippen LogP contribution in [-0.4, -0.2) is 26.2 Å². The van der Waals surface area contributed by atoms with Crippen LogP contribution in [0.5, 0.6) is 0 Å². The first kappa shape index (κ1) is 12.2. The summed E-state index contributed by atoms with van der Waals surface area (Å²) in [5.41, 5.74) is -1.23. The van der Waals surface area contributed by atoms with Gasteiger partial charge in [-0.2, -0.15) is 0 Å². The van der Waals surface area contributed by atoms with Crippen molar-refractivity contribution in [1.29, 1.82) is 0 Å². The normalized spacial score (nSPS) is 16.4. The quantitative estimate of drug-likeness (QED) is 0.603. The number of benzene rings is 1. The van der Waals surface area contributed by atoms with Crippen LogP contribution in [0.1, 0.15) is 5.56 Å². The van der Waals surface area contributed by atoms with Gasteiger partial charge in [0.2, 0.25) is 0 Å². The number of halogens is 4. The third kappa shape index (κ3) is 1.97. The maximum atomic E-state index is 13.6. The van der Waals surface area contributed by atoms with Crippen LogP contribution in [0.4, 0.5) is 23.2 Å². The van der Waals surface area contributed by atoms with Crippen molar-refractivity contribution < 1.29 is 17.6 Å².